The first-order valence-corrected chi connectivity index (χ1v) is 15.9. The van der Waals surface area contributed by atoms with Gasteiger partial charge in [0.25, 0.3) is 0 Å². The molecule has 1 aromatic carbocycles. The molecule has 0 saturated heterocycles. The average Bonchev–Trinajstić information content (AvgIpc) is 3.39. The van der Waals surface area contributed by atoms with Crippen LogP contribution in [-0.2, 0) is 27.9 Å². The molecule has 0 spiro atoms. The summed E-state index contributed by atoms with van der Waals surface area (Å²) in [7, 11) is 0.683. The van der Waals surface area contributed by atoms with Crippen molar-refractivity contribution >= 4 is 39.2 Å². The predicted octanol–water partition coefficient (Wildman–Crippen LogP) is 5.42. The Balaban J connectivity index is 1.76. The third-order valence-electron chi connectivity index (χ3n) is 7.78. The largest absolute Gasteiger partial charge is 0.437 e. The Morgan fingerprint density at radius 2 is 2.00 bits per heavy atom. The summed E-state index contributed by atoms with van der Waals surface area (Å²) < 4.78 is 48.0. The molecule has 3 heterocycles. The minimum Gasteiger partial charge on any atom is -0.416 e. The van der Waals surface area contributed by atoms with Crippen molar-refractivity contribution in [2.45, 2.75) is 57.4 Å². The highest BCUT2D eigenvalue weighted by Crippen LogP contribution is 2.46. The van der Waals surface area contributed by atoms with E-state index in [4.69, 9.17) is 4.43 Å². The molecule has 0 aliphatic carbocycles. The summed E-state index contributed by atoms with van der Waals surface area (Å²) >= 11 is 0. The summed E-state index contributed by atoms with van der Waals surface area (Å²) in [6.07, 6.45) is -1.34. The molecule has 0 amide bonds. The zero-order chi connectivity index (χ0) is 30.4. The van der Waals surface area contributed by atoms with E-state index in [2.05, 4.69) is 60.3 Å². The molecule has 0 saturated carbocycles. The number of halogens is 3. The van der Waals surface area contributed by atoms with E-state index in [1.807, 2.05) is 13.0 Å². The van der Waals surface area contributed by atoms with E-state index in [1.165, 1.54) is 26.9 Å². The maximum atomic E-state index is 13.5. The van der Waals surface area contributed by atoms with Gasteiger partial charge in [-0.3, -0.25) is 4.68 Å². The van der Waals surface area contributed by atoms with E-state index < -0.39 is 25.6 Å². The second kappa shape index (κ2) is 10.6. The Labute approximate surface area is 239 Å². The van der Waals surface area contributed by atoms with Crippen molar-refractivity contribution in [3.8, 4) is 17.3 Å². The van der Waals surface area contributed by atoms with Crippen molar-refractivity contribution in [1.82, 2.24) is 19.7 Å². The van der Waals surface area contributed by atoms with Gasteiger partial charge in [-0.1, -0.05) is 27.7 Å². The highest BCUT2D eigenvalue weighted by atomic mass is 28.4. The molecule has 1 atom stereocenters. The molecule has 1 radical (unpaired) electrons. The third-order valence-corrected chi connectivity index (χ3v) is 12.3. The second-order valence-electron chi connectivity index (χ2n) is 12.0. The summed E-state index contributed by atoms with van der Waals surface area (Å²) in [5.74, 6) is -0.0556. The Morgan fingerprint density at radius 1 is 1.29 bits per heavy atom. The molecule has 0 bridgehead atoms. The van der Waals surface area contributed by atoms with Crippen LogP contribution in [-0.4, -0.2) is 54.8 Å². The summed E-state index contributed by atoms with van der Waals surface area (Å²) in [6.45, 7) is 13.7. The fraction of sp³-hybridized carbons (Fsp3) is 0.444. The van der Waals surface area contributed by atoms with E-state index in [0.29, 0.717) is 41.8 Å². The van der Waals surface area contributed by atoms with Gasteiger partial charge in [-0.15, -0.1) is 0 Å². The van der Waals surface area contributed by atoms with Crippen LogP contribution < -0.4 is 10.1 Å². The Bertz CT molecular complexity index is 1510. The van der Waals surface area contributed by atoms with Crippen LogP contribution in [0.5, 0.6) is 0 Å². The number of benzene rings is 1. The molecular weight excluding hydrogens is 550 g/mol. The number of nitrogens with zero attached hydrogens (tertiary/aromatic N) is 6. The average molecular weight is 582 g/mol. The second-order valence-corrected chi connectivity index (χ2v) is 16.8. The summed E-state index contributed by atoms with van der Waals surface area (Å²) in [4.78, 5) is 21.8. The van der Waals surface area contributed by atoms with Crippen LogP contribution in [0.3, 0.4) is 0 Å². The number of nitrogens with one attached hydrogen (secondary N) is 1. The van der Waals surface area contributed by atoms with Crippen molar-refractivity contribution in [2.24, 2.45) is 7.05 Å². The monoisotopic (exact) mass is 582 g/mol. The number of aromatic nitrogens is 4. The number of carbonyl (C=O) groups is 1. The van der Waals surface area contributed by atoms with Crippen LogP contribution in [0.15, 0.2) is 30.6 Å². The van der Waals surface area contributed by atoms with Crippen LogP contribution in [0.1, 0.15) is 44.5 Å². The lowest BCUT2D eigenvalue weighted by molar-refractivity contribution is -0.140. The van der Waals surface area contributed by atoms with Crippen molar-refractivity contribution in [3.63, 3.8) is 0 Å². The number of aryl methyl sites for hydroxylation is 1. The molecule has 14 heteroatoms. The minimum atomic E-state index is -4.66. The molecule has 41 heavy (non-hydrogen) atoms. The zero-order valence-corrected chi connectivity index (χ0v) is 25.1. The molecule has 4 rings (SSSR count). The molecule has 1 N–H and O–H groups in total. The fourth-order valence-electron chi connectivity index (χ4n) is 4.55. The van der Waals surface area contributed by atoms with E-state index in [9.17, 15) is 23.2 Å². The topological polar surface area (TPSA) is 109 Å². The molecule has 215 valence electrons. The molecule has 0 unspecified atom stereocenters. The van der Waals surface area contributed by atoms with E-state index in [0.717, 1.165) is 10.2 Å². The molecule has 9 nitrogen and oxygen atoms in total. The molecule has 1 aliphatic rings. The Hall–Kier alpha value is -3.70. The minimum absolute atomic E-state index is 0.0102. The van der Waals surface area contributed by atoms with Gasteiger partial charge in [0.05, 0.1) is 16.9 Å². The number of carbonyl (C=O) groups excluding carboxylic acids is 1. The predicted molar refractivity (Wildman–Crippen MR) is 154 cm³/mol. The zero-order valence-electron chi connectivity index (χ0n) is 24.1. The lowest BCUT2D eigenvalue weighted by Crippen LogP contribution is -2.46. The van der Waals surface area contributed by atoms with Gasteiger partial charge in [0.15, 0.2) is 14.0 Å². The maximum Gasteiger partial charge on any atom is 0.437 e. The van der Waals surface area contributed by atoms with Crippen LogP contribution in [0, 0.1) is 11.3 Å². The van der Waals surface area contributed by atoms with Crippen molar-refractivity contribution in [1.29, 1.82) is 5.26 Å². The van der Waals surface area contributed by atoms with E-state index >= 15 is 0 Å². The van der Waals surface area contributed by atoms with Gasteiger partial charge in [-0.05, 0) is 41.9 Å². The lowest BCUT2D eigenvalue weighted by atomic mass is 9.83. The number of hydrogen-bond donors (Lipinski definition) is 1. The van der Waals surface area contributed by atoms with Gasteiger partial charge < -0.3 is 19.3 Å². The van der Waals surface area contributed by atoms with Gasteiger partial charge in [0.1, 0.15) is 12.3 Å². The smallest absolute Gasteiger partial charge is 0.416 e. The SMILES string of the molecule is Cn1cc(Nc2nccc(-c3cc(C#N)c4c(c3)[C@@](C)(CO[Si](C)(C)C(C)(C)C)CN4[B]C=O)n2)c(C(F)(F)F)n1. The van der Waals surface area contributed by atoms with Crippen LogP contribution in [0.2, 0.25) is 18.1 Å². The van der Waals surface area contributed by atoms with E-state index in [-0.39, 0.29) is 16.7 Å². The van der Waals surface area contributed by atoms with Crippen LogP contribution in [0.4, 0.5) is 30.5 Å². The summed E-state index contributed by atoms with van der Waals surface area (Å²) in [5, 5.41) is 16.2. The van der Waals surface area contributed by atoms with Gasteiger partial charge in [0, 0.05) is 49.3 Å². The van der Waals surface area contributed by atoms with Crippen LogP contribution >= 0.6 is 0 Å². The van der Waals surface area contributed by atoms with E-state index in [1.54, 1.807) is 16.9 Å². The lowest BCUT2D eigenvalue weighted by Gasteiger charge is -2.39. The van der Waals surface area contributed by atoms with Crippen molar-refractivity contribution in [2.75, 3.05) is 23.3 Å². The molecule has 1 aliphatic heterocycles. The van der Waals surface area contributed by atoms with Crippen LogP contribution in [0.25, 0.3) is 11.3 Å². The first kappa shape index (κ1) is 30.3. The number of rotatable bonds is 8. The highest BCUT2D eigenvalue weighted by molar-refractivity contribution is 6.74. The normalized spacial score (nSPS) is 17.2. The standard InChI is InChI=1S/C27H32BF3N7O2Si/c1-25(2,3)41(6,7)40-15-26(4)14-38(28-16-39)22-18(12-32)10-17(11-19(22)26)20-8-9-33-24(34-20)35-21-13-37(5)36-23(21)27(29,30)31/h8-11,13,16H,14-15H2,1-7H3,(H,33,34,35)/t26-/m1/s1. The maximum absolute atomic E-state index is 13.5. The number of anilines is 3. The van der Waals surface area contributed by atoms with Gasteiger partial charge in [-0.25, -0.2) is 9.97 Å². The molecule has 0 fully saturated rings. The molecule has 3 aromatic rings. The molecule has 2 aromatic heterocycles. The quantitative estimate of drug-likeness (QED) is 0.277. The van der Waals surface area contributed by atoms with Gasteiger partial charge >= 0.3 is 13.6 Å². The Kier molecular flexibility index (Phi) is 7.83. The highest BCUT2D eigenvalue weighted by Gasteiger charge is 2.45. The number of fused-ring (bicyclic) bond motifs is 1. The number of nitriles is 1. The van der Waals surface area contributed by atoms with Crippen molar-refractivity contribution in [3.05, 3.63) is 47.4 Å². The van der Waals surface area contributed by atoms with Gasteiger partial charge in [-0.2, -0.15) is 23.5 Å². The fourth-order valence-corrected chi connectivity index (χ4v) is 5.66. The Morgan fingerprint density at radius 3 is 2.61 bits per heavy atom. The number of alkyl halides is 3. The first-order valence-electron chi connectivity index (χ1n) is 13.0. The first-order chi connectivity index (χ1) is 19.0. The summed E-state index contributed by atoms with van der Waals surface area (Å²) in [5.41, 5.74) is 0.861. The third kappa shape index (κ3) is 6.01. The number of hydrogen-bond acceptors (Lipinski definition) is 8. The van der Waals surface area contributed by atoms with Gasteiger partial charge in [0.2, 0.25) is 5.95 Å². The summed E-state index contributed by atoms with van der Waals surface area (Å²) in [6, 6.07) is 7.42. The molecular formula is C27H32BF3N7O2Si. The van der Waals surface area contributed by atoms with Crippen molar-refractivity contribution < 1.29 is 22.4 Å².